The zero-order valence-corrected chi connectivity index (χ0v) is 13.6. The second-order valence-electron chi connectivity index (χ2n) is 5.70. The lowest BCUT2D eigenvalue weighted by Gasteiger charge is -2.19. The SMILES string of the molecule is CCCCN(CCCl)Cc1nc(C(C)(C)C)cs1. The van der Waals surface area contributed by atoms with Crippen molar-refractivity contribution in [2.24, 2.45) is 0 Å². The fraction of sp³-hybridized carbons (Fsp3) is 0.786. The van der Waals surface area contributed by atoms with Crippen LogP contribution in [0.25, 0.3) is 0 Å². The maximum absolute atomic E-state index is 5.86. The van der Waals surface area contributed by atoms with Gasteiger partial charge in [0.05, 0.1) is 12.2 Å². The minimum atomic E-state index is 0.148. The quantitative estimate of drug-likeness (QED) is 0.696. The molecular formula is C14H25ClN2S. The zero-order valence-electron chi connectivity index (χ0n) is 12.0. The van der Waals surface area contributed by atoms with Gasteiger partial charge in [-0.05, 0) is 13.0 Å². The van der Waals surface area contributed by atoms with Crippen molar-refractivity contribution in [1.82, 2.24) is 9.88 Å². The highest BCUT2D eigenvalue weighted by Gasteiger charge is 2.18. The van der Waals surface area contributed by atoms with Gasteiger partial charge in [-0.3, -0.25) is 4.90 Å². The second-order valence-corrected chi connectivity index (χ2v) is 7.02. The van der Waals surface area contributed by atoms with Gasteiger partial charge in [0.25, 0.3) is 0 Å². The first kappa shape index (κ1) is 15.9. The van der Waals surface area contributed by atoms with Gasteiger partial charge in [-0.15, -0.1) is 22.9 Å². The molecule has 0 saturated carbocycles. The maximum Gasteiger partial charge on any atom is 0.107 e. The maximum atomic E-state index is 5.86. The van der Waals surface area contributed by atoms with Crippen LogP contribution in [-0.2, 0) is 12.0 Å². The lowest BCUT2D eigenvalue weighted by molar-refractivity contribution is 0.276. The van der Waals surface area contributed by atoms with Crippen LogP contribution in [0.3, 0.4) is 0 Å². The van der Waals surface area contributed by atoms with Gasteiger partial charge in [-0.2, -0.15) is 0 Å². The highest BCUT2D eigenvalue weighted by Crippen LogP contribution is 2.24. The molecule has 0 aromatic carbocycles. The van der Waals surface area contributed by atoms with Crippen molar-refractivity contribution in [1.29, 1.82) is 0 Å². The number of thiazole rings is 1. The van der Waals surface area contributed by atoms with Gasteiger partial charge >= 0.3 is 0 Å². The molecule has 1 aromatic heterocycles. The predicted octanol–water partition coefficient (Wildman–Crippen LogP) is 4.28. The van der Waals surface area contributed by atoms with E-state index in [-0.39, 0.29) is 5.41 Å². The molecule has 0 unspecified atom stereocenters. The van der Waals surface area contributed by atoms with Crippen molar-refractivity contribution in [3.63, 3.8) is 0 Å². The van der Waals surface area contributed by atoms with Crippen molar-refractivity contribution in [3.05, 3.63) is 16.1 Å². The summed E-state index contributed by atoms with van der Waals surface area (Å²) in [5.74, 6) is 0.696. The Morgan fingerprint density at radius 2 is 2.06 bits per heavy atom. The summed E-state index contributed by atoms with van der Waals surface area (Å²) in [4.78, 5) is 7.15. The minimum absolute atomic E-state index is 0.148. The van der Waals surface area contributed by atoms with Crippen LogP contribution in [0.1, 0.15) is 51.2 Å². The molecule has 0 atom stereocenters. The Morgan fingerprint density at radius 1 is 1.33 bits per heavy atom. The van der Waals surface area contributed by atoms with Crippen molar-refractivity contribution >= 4 is 22.9 Å². The van der Waals surface area contributed by atoms with E-state index in [2.05, 4.69) is 38.0 Å². The number of hydrogen-bond acceptors (Lipinski definition) is 3. The van der Waals surface area contributed by atoms with E-state index in [1.807, 2.05) is 0 Å². The molecule has 0 aliphatic carbocycles. The zero-order chi connectivity index (χ0) is 13.6. The highest BCUT2D eigenvalue weighted by atomic mass is 35.5. The Balaban J connectivity index is 2.60. The summed E-state index contributed by atoms with van der Waals surface area (Å²) in [7, 11) is 0. The summed E-state index contributed by atoms with van der Waals surface area (Å²) in [5, 5.41) is 3.40. The van der Waals surface area contributed by atoms with Gasteiger partial charge in [-0.1, -0.05) is 34.1 Å². The topological polar surface area (TPSA) is 16.1 Å². The van der Waals surface area contributed by atoms with Crippen molar-refractivity contribution in [2.75, 3.05) is 19.0 Å². The van der Waals surface area contributed by atoms with E-state index in [0.717, 1.165) is 19.6 Å². The first-order valence-electron chi connectivity index (χ1n) is 6.70. The molecule has 0 radical (unpaired) electrons. The fourth-order valence-corrected chi connectivity index (χ4v) is 2.99. The molecule has 0 saturated heterocycles. The summed E-state index contributed by atoms with van der Waals surface area (Å²) in [6, 6.07) is 0. The van der Waals surface area contributed by atoms with Crippen LogP contribution in [0.15, 0.2) is 5.38 Å². The van der Waals surface area contributed by atoms with E-state index in [0.29, 0.717) is 5.88 Å². The molecule has 2 nitrogen and oxygen atoms in total. The number of aromatic nitrogens is 1. The summed E-state index contributed by atoms with van der Waals surface area (Å²) in [6.07, 6.45) is 2.46. The van der Waals surface area contributed by atoms with Crippen LogP contribution >= 0.6 is 22.9 Å². The van der Waals surface area contributed by atoms with E-state index in [4.69, 9.17) is 16.6 Å². The Hall–Kier alpha value is -0.120. The van der Waals surface area contributed by atoms with E-state index >= 15 is 0 Å². The van der Waals surface area contributed by atoms with Crippen molar-refractivity contribution in [2.45, 2.75) is 52.5 Å². The number of unbranched alkanes of at least 4 members (excludes halogenated alkanes) is 1. The Bertz CT molecular complexity index is 344. The Kier molecular flexibility index (Phi) is 6.61. The van der Waals surface area contributed by atoms with Crippen molar-refractivity contribution < 1.29 is 0 Å². The normalized spacial score (nSPS) is 12.3. The van der Waals surface area contributed by atoms with E-state index < -0.39 is 0 Å². The molecule has 4 heteroatoms. The predicted molar refractivity (Wildman–Crippen MR) is 81.7 cm³/mol. The third-order valence-electron chi connectivity index (χ3n) is 2.91. The van der Waals surface area contributed by atoms with Crippen LogP contribution in [0, 0.1) is 0 Å². The van der Waals surface area contributed by atoms with Gasteiger partial charge in [0.2, 0.25) is 0 Å². The third-order valence-corrected chi connectivity index (χ3v) is 3.91. The summed E-state index contributed by atoms with van der Waals surface area (Å²) >= 11 is 7.63. The number of rotatable bonds is 7. The molecule has 18 heavy (non-hydrogen) atoms. The molecule has 104 valence electrons. The first-order valence-corrected chi connectivity index (χ1v) is 8.12. The number of nitrogens with zero attached hydrogens (tertiary/aromatic N) is 2. The molecule has 0 bridgehead atoms. The molecule has 0 aliphatic rings. The monoisotopic (exact) mass is 288 g/mol. The standard InChI is InChI=1S/C14H25ClN2S/c1-5-6-8-17(9-7-15)10-13-16-12(11-18-13)14(2,3)4/h11H,5-10H2,1-4H3. The van der Waals surface area contributed by atoms with Crippen LogP contribution in [0.4, 0.5) is 0 Å². The Labute approximate surface area is 120 Å². The highest BCUT2D eigenvalue weighted by molar-refractivity contribution is 7.09. The molecule has 0 aliphatic heterocycles. The lowest BCUT2D eigenvalue weighted by Crippen LogP contribution is -2.26. The molecular weight excluding hydrogens is 264 g/mol. The van der Waals surface area contributed by atoms with Gasteiger partial charge in [0, 0.05) is 23.2 Å². The molecule has 0 amide bonds. The molecule has 0 N–H and O–H groups in total. The third kappa shape index (κ3) is 5.25. The molecule has 1 aromatic rings. The summed E-state index contributed by atoms with van der Waals surface area (Å²) in [6.45, 7) is 11.9. The smallest absolute Gasteiger partial charge is 0.107 e. The van der Waals surface area contributed by atoms with Gasteiger partial charge in [-0.25, -0.2) is 4.98 Å². The van der Waals surface area contributed by atoms with Gasteiger partial charge < -0.3 is 0 Å². The summed E-state index contributed by atoms with van der Waals surface area (Å²) < 4.78 is 0. The largest absolute Gasteiger partial charge is 0.295 e. The fourth-order valence-electron chi connectivity index (χ4n) is 1.69. The summed E-state index contributed by atoms with van der Waals surface area (Å²) in [5.41, 5.74) is 1.35. The first-order chi connectivity index (χ1) is 8.47. The molecule has 0 fully saturated rings. The number of halogens is 1. The van der Waals surface area contributed by atoms with E-state index in [1.54, 1.807) is 11.3 Å². The lowest BCUT2D eigenvalue weighted by atomic mass is 9.93. The van der Waals surface area contributed by atoms with E-state index in [9.17, 15) is 0 Å². The molecule has 1 heterocycles. The van der Waals surface area contributed by atoms with E-state index in [1.165, 1.54) is 23.5 Å². The minimum Gasteiger partial charge on any atom is -0.295 e. The van der Waals surface area contributed by atoms with Gasteiger partial charge in [0.1, 0.15) is 5.01 Å². The van der Waals surface area contributed by atoms with Crippen LogP contribution in [0.2, 0.25) is 0 Å². The Morgan fingerprint density at radius 3 is 2.56 bits per heavy atom. The van der Waals surface area contributed by atoms with Gasteiger partial charge in [0.15, 0.2) is 0 Å². The molecule has 0 spiro atoms. The van der Waals surface area contributed by atoms with Crippen molar-refractivity contribution in [3.8, 4) is 0 Å². The second kappa shape index (κ2) is 7.46. The van der Waals surface area contributed by atoms with Crippen LogP contribution in [-0.4, -0.2) is 28.9 Å². The average Bonchev–Trinajstić information content (AvgIpc) is 2.74. The van der Waals surface area contributed by atoms with Crippen LogP contribution < -0.4 is 0 Å². The number of alkyl halides is 1. The van der Waals surface area contributed by atoms with Crippen LogP contribution in [0.5, 0.6) is 0 Å². The number of hydrogen-bond donors (Lipinski definition) is 0. The average molecular weight is 289 g/mol. The molecule has 1 rings (SSSR count).